The smallest absolute Gasteiger partial charge is 0.222 e. The Hall–Kier alpha value is -1.79. The van der Waals surface area contributed by atoms with E-state index in [1.54, 1.807) is 7.11 Å². The highest BCUT2D eigenvalue weighted by Gasteiger charge is 2.22. The summed E-state index contributed by atoms with van der Waals surface area (Å²) in [6.07, 6.45) is 0.352. The molecule has 5 nitrogen and oxygen atoms in total. The minimum absolute atomic E-state index is 0. The first-order chi connectivity index (χ1) is 12.7. The molecular weight excluding hydrogens is 387 g/mol. The number of carbonyl (C=O) groups is 1. The summed E-state index contributed by atoms with van der Waals surface area (Å²) in [4.78, 5) is 12.7. The summed E-state index contributed by atoms with van der Waals surface area (Å²) in [5.74, 6) is 0.678. The molecule has 1 aliphatic rings. The molecule has 1 fully saturated rings. The molecule has 0 spiro atoms. The molecule has 0 aliphatic carbocycles. The summed E-state index contributed by atoms with van der Waals surface area (Å²) in [6, 6.07) is 14.9. The number of benzene rings is 2. The van der Waals surface area contributed by atoms with E-state index in [2.05, 4.69) is 10.6 Å². The van der Waals surface area contributed by atoms with Crippen LogP contribution in [-0.4, -0.2) is 38.8 Å². The molecule has 146 valence electrons. The largest absolute Gasteiger partial charge is 0.497 e. The first kappa shape index (κ1) is 21.5. The van der Waals surface area contributed by atoms with E-state index >= 15 is 0 Å². The van der Waals surface area contributed by atoms with Gasteiger partial charge in [0.1, 0.15) is 5.75 Å². The third-order valence-electron chi connectivity index (χ3n) is 4.38. The van der Waals surface area contributed by atoms with Crippen molar-refractivity contribution in [2.45, 2.75) is 18.5 Å². The lowest BCUT2D eigenvalue weighted by molar-refractivity contribution is -0.122. The van der Waals surface area contributed by atoms with Crippen LogP contribution in [0, 0.1) is 0 Å². The molecule has 27 heavy (non-hydrogen) atoms. The molecule has 2 aromatic rings. The lowest BCUT2D eigenvalue weighted by Gasteiger charge is -2.25. The van der Waals surface area contributed by atoms with Gasteiger partial charge in [0, 0.05) is 24.0 Å². The summed E-state index contributed by atoms with van der Waals surface area (Å²) in [7, 11) is 1.62. The van der Waals surface area contributed by atoms with Gasteiger partial charge >= 0.3 is 0 Å². The zero-order valence-electron chi connectivity index (χ0n) is 15.1. The maximum atomic E-state index is 12.7. The standard InChI is InChI=1S/C20H23ClN2O3.ClH/c1-25-16-6-4-5-14(11-16)20(17-7-2-3-8-18(17)21)23-19(24)12-15-13-26-10-9-22-15;/h2-8,11,15,20,22H,9-10,12-13H2,1H3,(H,23,24);1H. The molecule has 0 saturated carbocycles. The number of methoxy groups -OCH3 is 1. The van der Waals surface area contributed by atoms with Gasteiger partial charge in [-0.2, -0.15) is 0 Å². The van der Waals surface area contributed by atoms with E-state index in [0.29, 0.717) is 24.7 Å². The fraction of sp³-hybridized carbons (Fsp3) is 0.350. The third kappa shape index (κ3) is 5.84. The van der Waals surface area contributed by atoms with Gasteiger partial charge in [-0.25, -0.2) is 0 Å². The van der Waals surface area contributed by atoms with Gasteiger partial charge < -0.3 is 20.1 Å². The Morgan fingerprint density at radius 1 is 1.33 bits per heavy atom. The predicted octanol–water partition coefficient (Wildman–Crippen LogP) is 3.35. The number of rotatable bonds is 6. The predicted molar refractivity (Wildman–Crippen MR) is 109 cm³/mol. The maximum Gasteiger partial charge on any atom is 0.222 e. The molecule has 2 atom stereocenters. The Morgan fingerprint density at radius 2 is 2.15 bits per heavy atom. The number of morpholine rings is 1. The Balaban J connectivity index is 0.00000261. The topological polar surface area (TPSA) is 59.6 Å². The Labute approximate surface area is 170 Å². The lowest BCUT2D eigenvalue weighted by Crippen LogP contribution is -2.44. The number of nitrogens with one attached hydrogen (secondary N) is 2. The highest BCUT2D eigenvalue weighted by atomic mass is 35.5. The fourth-order valence-corrected chi connectivity index (χ4v) is 3.31. The monoisotopic (exact) mass is 410 g/mol. The molecule has 2 unspecified atom stereocenters. The second-order valence-electron chi connectivity index (χ2n) is 6.23. The Kier molecular flexibility index (Phi) is 8.38. The van der Waals surface area contributed by atoms with Crippen LogP contribution in [0.3, 0.4) is 0 Å². The van der Waals surface area contributed by atoms with Crippen molar-refractivity contribution >= 4 is 29.9 Å². The summed E-state index contributed by atoms with van der Waals surface area (Å²) in [5.41, 5.74) is 1.77. The van der Waals surface area contributed by atoms with E-state index in [0.717, 1.165) is 23.4 Å². The Morgan fingerprint density at radius 3 is 2.85 bits per heavy atom. The van der Waals surface area contributed by atoms with Gasteiger partial charge in [0.15, 0.2) is 0 Å². The average Bonchev–Trinajstić information content (AvgIpc) is 2.67. The van der Waals surface area contributed by atoms with Crippen molar-refractivity contribution in [1.29, 1.82) is 0 Å². The SMILES string of the molecule is COc1cccc(C(NC(=O)CC2COCCN2)c2ccccc2Cl)c1.Cl. The molecule has 2 aromatic carbocycles. The normalized spacial score (nSPS) is 17.5. The van der Waals surface area contributed by atoms with Crippen molar-refractivity contribution in [2.75, 3.05) is 26.9 Å². The molecule has 3 rings (SSSR count). The van der Waals surface area contributed by atoms with Crippen LogP contribution >= 0.6 is 24.0 Å². The van der Waals surface area contributed by atoms with Crippen molar-refractivity contribution < 1.29 is 14.3 Å². The second kappa shape index (κ2) is 10.5. The first-order valence-electron chi connectivity index (χ1n) is 8.66. The second-order valence-corrected chi connectivity index (χ2v) is 6.64. The molecule has 1 saturated heterocycles. The van der Waals surface area contributed by atoms with E-state index in [-0.39, 0.29) is 30.4 Å². The number of halogens is 2. The van der Waals surface area contributed by atoms with Gasteiger partial charge in [-0.05, 0) is 29.3 Å². The molecule has 1 amide bonds. The summed E-state index contributed by atoms with van der Waals surface area (Å²) in [6.45, 7) is 2.00. The van der Waals surface area contributed by atoms with Gasteiger partial charge in [-0.1, -0.05) is 41.9 Å². The number of carbonyl (C=O) groups excluding carboxylic acids is 1. The van der Waals surface area contributed by atoms with Crippen LogP contribution in [0.15, 0.2) is 48.5 Å². The summed E-state index contributed by atoms with van der Waals surface area (Å²) in [5, 5.41) is 7.03. The third-order valence-corrected chi connectivity index (χ3v) is 4.72. The molecule has 0 bridgehead atoms. The number of amides is 1. The van der Waals surface area contributed by atoms with Crippen molar-refractivity contribution in [3.05, 3.63) is 64.7 Å². The summed E-state index contributed by atoms with van der Waals surface area (Å²) >= 11 is 6.40. The minimum Gasteiger partial charge on any atom is -0.497 e. The van der Waals surface area contributed by atoms with Crippen molar-refractivity contribution in [3.63, 3.8) is 0 Å². The van der Waals surface area contributed by atoms with E-state index in [1.165, 1.54) is 0 Å². The lowest BCUT2D eigenvalue weighted by atomic mass is 9.98. The van der Waals surface area contributed by atoms with Crippen LogP contribution in [0.5, 0.6) is 5.75 Å². The van der Waals surface area contributed by atoms with Crippen LogP contribution in [0.25, 0.3) is 0 Å². The van der Waals surface area contributed by atoms with Gasteiger partial charge in [0.2, 0.25) is 5.91 Å². The van der Waals surface area contributed by atoms with Crippen LogP contribution < -0.4 is 15.4 Å². The highest BCUT2D eigenvalue weighted by Crippen LogP contribution is 2.30. The minimum atomic E-state index is -0.351. The van der Waals surface area contributed by atoms with Gasteiger partial charge in [-0.3, -0.25) is 4.79 Å². The van der Waals surface area contributed by atoms with Crippen LogP contribution in [0.2, 0.25) is 5.02 Å². The van der Waals surface area contributed by atoms with Crippen LogP contribution in [0.4, 0.5) is 0 Å². The molecule has 1 aliphatic heterocycles. The molecule has 0 aromatic heterocycles. The van der Waals surface area contributed by atoms with Gasteiger partial charge in [-0.15, -0.1) is 12.4 Å². The number of hydrogen-bond donors (Lipinski definition) is 2. The van der Waals surface area contributed by atoms with Crippen molar-refractivity contribution in [2.24, 2.45) is 0 Å². The van der Waals surface area contributed by atoms with Crippen molar-refractivity contribution in [3.8, 4) is 5.75 Å². The molecular formula is C20H24Cl2N2O3. The quantitative estimate of drug-likeness (QED) is 0.766. The van der Waals surface area contributed by atoms with Gasteiger partial charge in [0.05, 0.1) is 26.4 Å². The van der Waals surface area contributed by atoms with Gasteiger partial charge in [0.25, 0.3) is 0 Å². The molecule has 2 N–H and O–H groups in total. The zero-order chi connectivity index (χ0) is 18.4. The fourth-order valence-electron chi connectivity index (χ4n) is 3.07. The Bertz CT molecular complexity index is 752. The van der Waals surface area contributed by atoms with Crippen LogP contribution in [-0.2, 0) is 9.53 Å². The van der Waals surface area contributed by atoms with Crippen molar-refractivity contribution in [1.82, 2.24) is 10.6 Å². The number of hydrogen-bond acceptors (Lipinski definition) is 4. The summed E-state index contributed by atoms with van der Waals surface area (Å²) < 4.78 is 10.8. The first-order valence-corrected chi connectivity index (χ1v) is 9.04. The maximum absolute atomic E-state index is 12.7. The molecule has 1 heterocycles. The van der Waals surface area contributed by atoms with E-state index in [4.69, 9.17) is 21.1 Å². The van der Waals surface area contributed by atoms with Crippen LogP contribution in [0.1, 0.15) is 23.6 Å². The van der Waals surface area contributed by atoms with E-state index < -0.39 is 0 Å². The van der Waals surface area contributed by atoms with E-state index in [1.807, 2.05) is 48.5 Å². The average molecular weight is 411 g/mol. The zero-order valence-corrected chi connectivity index (χ0v) is 16.7. The highest BCUT2D eigenvalue weighted by molar-refractivity contribution is 6.31. The molecule has 7 heteroatoms. The molecule has 0 radical (unpaired) electrons. The van der Waals surface area contributed by atoms with E-state index in [9.17, 15) is 4.79 Å². The number of ether oxygens (including phenoxy) is 2.